The van der Waals surface area contributed by atoms with Gasteiger partial charge in [0.25, 0.3) is 0 Å². The number of sulfone groups is 1. The molecule has 2 aromatic rings. The Hall–Kier alpha value is -1.80. The van der Waals surface area contributed by atoms with Gasteiger partial charge in [0, 0.05) is 17.7 Å². The van der Waals surface area contributed by atoms with E-state index in [1.54, 1.807) is 18.2 Å². The van der Waals surface area contributed by atoms with E-state index < -0.39 is 15.1 Å². The normalized spacial score (nSPS) is 13.2. The van der Waals surface area contributed by atoms with Crippen LogP contribution in [0.3, 0.4) is 0 Å². The maximum atomic E-state index is 12.4. The lowest BCUT2D eigenvalue weighted by atomic mass is 10.0. The highest BCUT2D eigenvalue weighted by molar-refractivity contribution is 7.91. The molecule has 2 rings (SSSR count). The largest absolute Gasteiger partial charge is 0.489 e. The molecule has 6 nitrogen and oxygen atoms in total. The van der Waals surface area contributed by atoms with Crippen LogP contribution in [-0.2, 0) is 30.7 Å². The second-order valence-corrected chi connectivity index (χ2v) is 12.4. The second-order valence-electron chi connectivity index (χ2n) is 9.22. The fourth-order valence-corrected chi connectivity index (χ4v) is 5.67. The van der Waals surface area contributed by atoms with E-state index >= 15 is 0 Å². The molecule has 0 aliphatic carbocycles. The number of rotatable bonds is 18. The average Bonchev–Trinajstić information content (AvgIpc) is 2.86. The van der Waals surface area contributed by atoms with Crippen LogP contribution < -0.4 is 4.74 Å². The zero-order chi connectivity index (χ0) is 27.1. The van der Waals surface area contributed by atoms with Gasteiger partial charge in [0.2, 0.25) is 0 Å². The summed E-state index contributed by atoms with van der Waals surface area (Å²) in [6, 6.07) is 14.9. The molecule has 0 heterocycles. The molecular weight excluding hydrogens is 535 g/mol. The van der Waals surface area contributed by atoms with E-state index in [-0.39, 0.29) is 18.7 Å². The Morgan fingerprint density at radius 2 is 1.62 bits per heavy atom. The summed E-state index contributed by atoms with van der Waals surface area (Å²) in [5.74, 6) is 0.320. The van der Waals surface area contributed by atoms with Crippen LogP contribution in [0.25, 0.3) is 0 Å². The first-order valence-corrected chi connectivity index (χ1v) is 15.4. The van der Waals surface area contributed by atoms with Gasteiger partial charge in [-0.3, -0.25) is 4.79 Å². The summed E-state index contributed by atoms with van der Waals surface area (Å²) in [6.45, 7) is 0.724. The van der Waals surface area contributed by atoms with Gasteiger partial charge in [0.05, 0.1) is 30.1 Å². The number of benzene rings is 2. The molecule has 0 fully saturated rings. The van der Waals surface area contributed by atoms with Gasteiger partial charge in [-0.1, -0.05) is 72.8 Å². The summed E-state index contributed by atoms with van der Waals surface area (Å²) in [7, 11) is -1.79. The Morgan fingerprint density at radius 3 is 2.30 bits per heavy atom. The molecule has 0 aliphatic rings. The monoisotopic (exact) mass is 572 g/mol. The minimum Gasteiger partial charge on any atom is -0.489 e. The number of methoxy groups -OCH3 is 1. The lowest BCUT2D eigenvalue weighted by Gasteiger charge is -2.21. The van der Waals surface area contributed by atoms with Gasteiger partial charge in [0.1, 0.15) is 22.2 Å². The third-order valence-corrected chi connectivity index (χ3v) is 8.40. The fraction of sp³-hybridized carbons (Fsp3) is 0.536. The number of hydrogen-bond donors (Lipinski definition) is 0. The number of ether oxygens (including phenoxy) is 3. The summed E-state index contributed by atoms with van der Waals surface area (Å²) < 4.78 is 41.5. The standard InChI is InChI=1S/C28H38Cl2O6S/c1-34-28(31)16-9-4-3-8-14-25(37(2,32)33)15-10-13-24(35-20-22-11-6-5-7-12-22)21-36-27-18-17-23(29)19-26(27)30/h5-7,11-12,17-19,24-25H,3-4,8-10,13-16,20-21H2,1-2H3. The third-order valence-electron chi connectivity index (χ3n) is 6.19. The van der Waals surface area contributed by atoms with Crippen LogP contribution in [0.15, 0.2) is 48.5 Å². The van der Waals surface area contributed by atoms with Gasteiger partial charge in [-0.05, 0) is 55.9 Å². The number of hydrogen-bond acceptors (Lipinski definition) is 6. The second kappa shape index (κ2) is 16.9. The molecular formula is C28H38Cl2O6S. The zero-order valence-electron chi connectivity index (χ0n) is 21.7. The van der Waals surface area contributed by atoms with Crippen LogP contribution in [0, 0.1) is 0 Å². The summed E-state index contributed by atoms with van der Waals surface area (Å²) >= 11 is 12.2. The smallest absolute Gasteiger partial charge is 0.305 e. The Labute approximate surface area is 231 Å². The molecule has 206 valence electrons. The molecule has 0 saturated carbocycles. The van der Waals surface area contributed by atoms with E-state index in [1.165, 1.54) is 13.4 Å². The maximum absolute atomic E-state index is 12.4. The highest BCUT2D eigenvalue weighted by atomic mass is 35.5. The van der Waals surface area contributed by atoms with E-state index in [2.05, 4.69) is 4.74 Å². The summed E-state index contributed by atoms with van der Waals surface area (Å²) in [4.78, 5) is 11.2. The van der Waals surface area contributed by atoms with E-state index in [4.69, 9.17) is 32.7 Å². The predicted molar refractivity (Wildman–Crippen MR) is 149 cm³/mol. The van der Waals surface area contributed by atoms with Crippen molar-refractivity contribution in [2.24, 2.45) is 0 Å². The topological polar surface area (TPSA) is 78.9 Å². The van der Waals surface area contributed by atoms with Gasteiger partial charge in [0.15, 0.2) is 0 Å². The number of esters is 1. The van der Waals surface area contributed by atoms with Crippen molar-refractivity contribution in [3.05, 3.63) is 64.1 Å². The lowest BCUT2D eigenvalue weighted by molar-refractivity contribution is -0.140. The maximum Gasteiger partial charge on any atom is 0.305 e. The summed E-state index contributed by atoms with van der Waals surface area (Å²) in [6.07, 6.45) is 7.35. The lowest BCUT2D eigenvalue weighted by Crippen LogP contribution is -2.24. The van der Waals surface area contributed by atoms with Crippen molar-refractivity contribution in [3.8, 4) is 5.75 Å². The van der Waals surface area contributed by atoms with Crippen molar-refractivity contribution in [1.82, 2.24) is 0 Å². The molecule has 0 aromatic heterocycles. The van der Waals surface area contributed by atoms with E-state index in [9.17, 15) is 13.2 Å². The van der Waals surface area contributed by atoms with Gasteiger partial charge >= 0.3 is 5.97 Å². The summed E-state index contributed by atoms with van der Waals surface area (Å²) in [5.41, 5.74) is 1.05. The van der Waals surface area contributed by atoms with E-state index in [0.29, 0.717) is 54.5 Å². The average molecular weight is 574 g/mol. The third kappa shape index (κ3) is 13.0. The van der Waals surface area contributed by atoms with Crippen LogP contribution in [-0.4, -0.2) is 45.7 Å². The molecule has 0 amide bonds. The highest BCUT2D eigenvalue weighted by Gasteiger charge is 2.21. The number of halogens is 2. The molecule has 0 radical (unpaired) electrons. The van der Waals surface area contributed by atoms with Crippen molar-refractivity contribution in [1.29, 1.82) is 0 Å². The molecule has 9 heteroatoms. The molecule has 0 spiro atoms. The van der Waals surface area contributed by atoms with Crippen LogP contribution >= 0.6 is 23.2 Å². The Kier molecular flexibility index (Phi) is 14.4. The Bertz CT molecular complexity index is 1050. The van der Waals surface area contributed by atoms with Gasteiger partial charge < -0.3 is 14.2 Å². The molecule has 37 heavy (non-hydrogen) atoms. The highest BCUT2D eigenvalue weighted by Crippen LogP contribution is 2.28. The van der Waals surface area contributed by atoms with Crippen LogP contribution in [0.2, 0.25) is 10.0 Å². The van der Waals surface area contributed by atoms with Gasteiger partial charge in [-0.15, -0.1) is 0 Å². The minimum absolute atomic E-state index is 0.208. The molecule has 2 aromatic carbocycles. The first-order chi connectivity index (χ1) is 17.7. The SMILES string of the molecule is COC(=O)CCCCCCC(CCCC(COc1ccc(Cl)cc1Cl)OCc1ccccc1)S(C)(=O)=O. The number of carbonyl (C=O) groups excluding carboxylic acids is 1. The predicted octanol–water partition coefficient (Wildman–Crippen LogP) is 7.05. The molecule has 0 saturated heterocycles. The zero-order valence-corrected chi connectivity index (χ0v) is 24.0. The van der Waals surface area contributed by atoms with Crippen molar-refractivity contribution in [2.45, 2.75) is 75.7 Å². The molecule has 2 unspecified atom stereocenters. The van der Waals surface area contributed by atoms with Gasteiger partial charge in [-0.2, -0.15) is 0 Å². The van der Waals surface area contributed by atoms with Crippen molar-refractivity contribution in [3.63, 3.8) is 0 Å². The fourth-order valence-electron chi connectivity index (χ4n) is 4.02. The van der Waals surface area contributed by atoms with Crippen LogP contribution in [0.5, 0.6) is 5.75 Å². The molecule has 0 aliphatic heterocycles. The van der Waals surface area contributed by atoms with Crippen LogP contribution in [0.4, 0.5) is 0 Å². The van der Waals surface area contributed by atoms with Crippen molar-refractivity contribution >= 4 is 39.0 Å². The first kappa shape index (κ1) is 31.4. The van der Waals surface area contributed by atoms with Gasteiger partial charge in [-0.25, -0.2) is 8.42 Å². The Morgan fingerprint density at radius 1 is 0.919 bits per heavy atom. The molecule has 0 bridgehead atoms. The molecule has 0 N–H and O–H groups in total. The van der Waals surface area contributed by atoms with E-state index in [0.717, 1.165) is 31.2 Å². The summed E-state index contributed by atoms with van der Waals surface area (Å²) in [5, 5.41) is 0.567. The first-order valence-electron chi connectivity index (χ1n) is 12.7. The van der Waals surface area contributed by atoms with E-state index in [1.807, 2.05) is 30.3 Å². The van der Waals surface area contributed by atoms with Crippen molar-refractivity contribution in [2.75, 3.05) is 20.0 Å². The Balaban J connectivity index is 1.87. The quantitative estimate of drug-likeness (QED) is 0.140. The number of unbranched alkanes of at least 4 members (excludes halogenated alkanes) is 3. The van der Waals surface area contributed by atoms with Crippen LogP contribution in [0.1, 0.15) is 63.4 Å². The minimum atomic E-state index is -3.17. The number of carbonyl (C=O) groups is 1. The van der Waals surface area contributed by atoms with Crippen molar-refractivity contribution < 1.29 is 27.4 Å². The molecule has 2 atom stereocenters.